The molecule has 0 aliphatic carbocycles. The van der Waals surface area contributed by atoms with Crippen molar-refractivity contribution < 1.29 is 5.11 Å². The van der Waals surface area contributed by atoms with Crippen LogP contribution in [0.3, 0.4) is 0 Å². The largest absolute Gasteiger partial charge is 0.506 e. The lowest BCUT2D eigenvalue weighted by Crippen LogP contribution is -1.93. The van der Waals surface area contributed by atoms with Gasteiger partial charge in [-0.1, -0.05) is 17.7 Å². The van der Waals surface area contributed by atoms with Crippen molar-refractivity contribution in [1.82, 2.24) is 9.97 Å². The van der Waals surface area contributed by atoms with Crippen LogP contribution in [-0.4, -0.2) is 15.1 Å². The SMILES string of the molecule is Cc1csc(Nc2cc(-c3ccc(O)c(Cl)c3)ccn2)n1. The van der Waals surface area contributed by atoms with Gasteiger partial charge < -0.3 is 10.4 Å². The predicted molar refractivity (Wildman–Crippen MR) is 86.5 cm³/mol. The first-order chi connectivity index (χ1) is 10.1. The fourth-order valence-corrected chi connectivity index (χ4v) is 2.76. The van der Waals surface area contributed by atoms with Gasteiger partial charge in [-0.05, 0) is 42.3 Å². The molecule has 0 atom stereocenters. The van der Waals surface area contributed by atoms with E-state index in [-0.39, 0.29) is 5.75 Å². The molecular formula is C15H12ClN3OS. The lowest BCUT2D eigenvalue weighted by Gasteiger charge is -2.06. The summed E-state index contributed by atoms with van der Waals surface area (Å²) in [6.45, 7) is 1.95. The van der Waals surface area contributed by atoms with Crippen molar-refractivity contribution >= 4 is 33.9 Å². The van der Waals surface area contributed by atoms with E-state index < -0.39 is 0 Å². The maximum absolute atomic E-state index is 9.48. The van der Waals surface area contributed by atoms with Crippen molar-refractivity contribution in [3.63, 3.8) is 0 Å². The van der Waals surface area contributed by atoms with Crippen LogP contribution < -0.4 is 5.32 Å². The van der Waals surface area contributed by atoms with Gasteiger partial charge in [-0.15, -0.1) is 11.3 Å². The quantitative estimate of drug-likeness (QED) is 0.740. The molecule has 2 heterocycles. The number of phenols is 1. The number of pyridine rings is 1. The second-order valence-electron chi connectivity index (χ2n) is 4.51. The molecule has 106 valence electrons. The van der Waals surface area contributed by atoms with Gasteiger partial charge in [0.1, 0.15) is 11.6 Å². The van der Waals surface area contributed by atoms with Gasteiger partial charge in [-0.2, -0.15) is 0 Å². The van der Waals surface area contributed by atoms with E-state index in [0.717, 1.165) is 22.0 Å². The van der Waals surface area contributed by atoms with Gasteiger partial charge in [-0.3, -0.25) is 0 Å². The summed E-state index contributed by atoms with van der Waals surface area (Å²) in [6, 6.07) is 8.92. The highest BCUT2D eigenvalue weighted by Crippen LogP contribution is 2.30. The van der Waals surface area contributed by atoms with Crippen LogP contribution in [0.4, 0.5) is 10.9 Å². The third-order valence-electron chi connectivity index (χ3n) is 2.89. The zero-order valence-corrected chi connectivity index (χ0v) is 12.7. The van der Waals surface area contributed by atoms with Gasteiger partial charge in [0.25, 0.3) is 0 Å². The molecule has 0 spiro atoms. The minimum absolute atomic E-state index is 0.0751. The van der Waals surface area contributed by atoms with E-state index in [1.165, 1.54) is 11.3 Å². The van der Waals surface area contributed by atoms with E-state index in [9.17, 15) is 5.11 Å². The normalized spacial score (nSPS) is 10.6. The Morgan fingerprint density at radius 1 is 1.19 bits per heavy atom. The number of aromatic nitrogens is 2. The molecule has 0 aliphatic heterocycles. The number of benzene rings is 1. The molecule has 1 aromatic carbocycles. The standard InChI is InChI=1S/C15H12ClN3OS/c1-9-8-21-15(18-9)19-14-7-11(4-5-17-14)10-2-3-13(20)12(16)6-10/h2-8,20H,1H3,(H,17,18,19). The number of rotatable bonds is 3. The number of hydrogen-bond donors (Lipinski definition) is 2. The van der Waals surface area contributed by atoms with Crippen molar-refractivity contribution in [2.75, 3.05) is 5.32 Å². The molecule has 0 aliphatic rings. The van der Waals surface area contributed by atoms with Gasteiger partial charge >= 0.3 is 0 Å². The Labute approximate surface area is 131 Å². The zero-order valence-electron chi connectivity index (χ0n) is 11.2. The molecule has 21 heavy (non-hydrogen) atoms. The van der Waals surface area contributed by atoms with E-state index in [1.807, 2.05) is 30.5 Å². The average molecular weight is 318 g/mol. The van der Waals surface area contributed by atoms with Crippen LogP contribution in [0.25, 0.3) is 11.1 Å². The van der Waals surface area contributed by atoms with E-state index in [2.05, 4.69) is 15.3 Å². The Morgan fingerprint density at radius 2 is 2.00 bits per heavy atom. The van der Waals surface area contributed by atoms with Crippen molar-refractivity contribution in [3.05, 3.63) is 52.6 Å². The molecule has 0 bridgehead atoms. The van der Waals surface area contributed by atoms with Crippen LogP contribution in [-0.2, 0) is 0 Å². The summed E-state index contributed by atoms with van der Waals surface area (Å²) in [5.74, 6) is 0.789. The second kappa shape index (κ2) is 5.71. The molecule has 2 aromatic heterocycles. The van der Waals surface area contributed by atoms with Gasteiger partial charge in [-0.25, -0.2) is 9.97 Å². The third kappa shape index (κ3) is 3.15. The van der Waals surface area contributed by atoms with Crippen LogP contribution in [0.1, 0.15) is 5.69 Å². The molecule has 3 rings (SSSR count). The Kier molecular flexibility index (Phi) is 3.77. The number of nitrogens with one attached hydrogen (secondary N) is 1. The summed E-state index contributed by atoms with van der Waals surface area (Å²) in [7, 11) is 0. The van der Waals surface area contributed by atoms with Crippen LogP contribution >= 0.6 is 22.9 Å². The monoisotopic (exact) mass is 317 g/mol. The lowest BCUT2D eigenvalue weighted by molar-refractivity contribution is 0.475. The molecule has 0 amide bonds. The Bertz CT molecular complexity index is 788. The molecule has 3 aromatic rings. The van der Waals surface area contributed by atoms with Crippen LogP contribution in [0, 0.1) is 6.92 Å². The van der Waals surface area contributed by atoms with Crippen LogP contribution in [0.15, 0.2) is 41.9 Å². The highest BCUT2D eigenvalue weighted by atomic mass is 35.5. The zero-order chi connectivity index (χ0) is 14.8. The first-order valence-electron chi connectivity index (χ1n) is 6.26. The van der Waals surface area contributed by atoms with Gasteiger partial charge in [0.15, 0.2) is 5.13 Å². The first kappa shape index (κ1) is 13.9. The van der Waals surface area contributed by atoms with Crippen LogP contribution in [0.5, 0.6) is 5.75 Å². The summed E-state index contributed by atoms with van der Waals surface area (Å²) in [4.78, 5) is 8.63. The van der Waals surface area contributed by atoms with Crippen LogP contribution in [0.2, 0.25) is 5.02 Å². The Balaban J connectivity index is 1.90. The molecule has 0 radical (unpaired) electrons. The third-order valence-corrected chi connectivity index (χ3v) is 4.07. The number of nitrogens with zero attached hydrogens (tertiary/aromatic N) is 2. The predicted octanol–water partition coefficient (Wildman–Crippen LogP) is 4.62. The number of halogens is 1. The summed E-state index contributed by atoms with van der Waals surface area (Å²) in [5, 5.41) is 15.8. The summed E-state index contributed by atoms with van der Waals surface area (Å²) in [6.07, 6.45) is 1.72. The van der Waals surface area contributed by atoms with Crippen molar-refractivity contribution in [1.29, 1.82) is 0 Å². The number of aromatic hydroxyl groups is 1. The summed E-state index contributed by atoms with van der Waals surface area (Å²) < 4.78 is 0. The highest BCUT2D eigenvalue weighted by Gasteiger charge is 2.05. The van der Waals surface area contributed by atoms with Gasteiger partial charge in [0, 0.05) is 11.6 Å². The number of thiazole rings is 1. The van der Waals surface area contributed by atoms with Gasteiger partial charge in [0.2, 0.25) is 0 Å². The molecule has 2 N–H and O–H groups in total. The molecule has 0 saturated heterocycles. The fraction of sp³-hybridized carbons (Fsp3) is 0.0667. The molecule has 0 fully saturated rings. The summed E-state index contributed by atoms with van der Waals surface area (Å²) in [5.41, 5.74) is 2.85. The molecule has 0 unspecified atom stereocenters. The lowest BCUT2D eigenvalue weighted by atomic mass is 10.1. The number of anilines is 2. The first-order valence-corrected chi connectivity index (χ1v) is 7.52. The minimum atomic E-state index is 0.0751. The number of aryl methyl sites for hydroxylation is 1. The van der Waals surface area contributed by atoms with Crippen molar-refractivity contribution in [2.24, 2.45) is 0 Å². The molecule has 4 nitrogen and oxygen atoms in total. The molecule has 0 saturated carbocycles. The van der Waals surface area contributed by atoms with E-state index >= 15 is 0 Å². The van der Waals surface area contributed by atoms with E-state index in [1.54, 1.807) is 18.3 Å². The molecular weight excluding hydrogens is 306 g/mol. The van der Waals surface area contributed by atoms with Crippen molar-refractivity contribution in [2.45, 2.75) is 6.92 Å². The maximum atomic E-state index is 9.48. The Morgan fingerprint density at radius 3 is 2.71 bits per heavy atom. The molecule has 6 heteroatoms. The minimum Gasteiger partial charge on any atom is -0.506 e. The van der Waals surface area contributed by atoms with Gasteiger partial charge in [0.05, 0.1) is 10.7 Å². The Hall–Kier alpha value is -2.11. The maximum Gasteiger partial charge on any atom is 0.188 e. The topological polar surface area (TPSA) is 58.0 Å². The number of phenolic OH excluding ortho intramolecular Hbond substituents is 1. The average Bonchev–Trinajstić information content (AvgIpc) is 2.87. The van der Waals surface area contributed by atoms with E-state index in [0.29, 0.717) is 10.8 Å². The van der Waals surface area contributed by atoms with Crippen molar-refractivity contribution in [3.8, 4) is 16.9 Å². The highest BCUT2D eigenvalue weighted by molar-refractivity contribution is 7.13. The smallest absolute Gasteiger partial charge is 0.188 e. The fourth-order valence-electron chi connectivity index (χ4n) is 1.89. The number of hydrogen-bond acceptors (Lipinski definition) is 5. The summed E-state index contributed by atoms with van der Waals surface area (Å²) >= 11 is 7.48. The second-order valence-corrected chi connectivity index (χ2v) is 5.78. The van der Waals surface area contributed by atoms with E-state index in [4.69, 9.17) is 11.6 Å².